The van der Waals surface area contributed by atoms with Gasteiger partial charge in [0.05, 0.1) is 11.3 Å². The second kappa shape index (κ2) is 5.23. The molecule has 0 bridgehead atoms. The number of nitriles is 1. The monoisotopic (exact) mass is 252 g/mol. The average molecular weight is 252 g/mol. The van der Waals surface area contributed by atoms with Crippen molar-refractivity contribution in [2.24, 2.45) is 0 Å². The first-order valence-electron chi connectivity index (χ1n) is 5.72. The Labute approximate surface area is 110 Å². The molecule has 2 aromatic carbocycles. The van der Waals surface area contributed by atoms with Crippen LogP contribution in [0, 0.1) is 18.3 Å². The normalized spacial score (nSPS) is 9.68. The molecular weight excluding hydrogens is 240 g/mol. The molecule has 0 aliphatic carbocycles. The van der Waals surface area contributed by atoms with Crippen LogP contribution in [0.15, 0.2) is 42.5 Å². The molecule has 0 fully saturated rings. The van der Waals surface area contributed by atoms with E-state index in [2.05, 4.69) is 11.4 Å². The Balaban J connectivity index is 2.27. The van der Waals surface area contributed by atoms with Crippen LogP contribution in [0.3, 0.4) is 0 Å². The van der Waals surface area contributed by atoms with Crippen molar-refractivity contribution in [2.45, 2.75) is 6.92 Å². The summed E-state index contributed by atoms with van der Waals surface area (Å²) in [5.74, 6) is -0.216. The Bertz CT molecular complexity index is 655. The van der Waals surface area contributed by atoms with Crippen molar-refractivity contribution in [2.75, 3.05) is 5.32 Å². The molecule has 0 spiro atoms. The summed E-state index contributed by atoms with van der Waals surface area (Å²) in [5, 5.41) is 21.0. The number of rotatable bonds is 2. The number of hydrogen-bond donors (Lipinski definition) is 2. The Hall–Kier alpha value is -2.80. The first-order chi connectivity index (χ1) is 9.11. The quantitative estimate of drug-likeness (QED) is 0.863. The van der Waals surface area contributed by atoms with E-state index in [4.69, 9.17) is 5.26 Å². The molecular formula is C15H12N2O2. The second-order valence-electron chi connectivity index (χ2n) is 4.11. The standard InChI is InChI=1S/C15H12N2O2/c1-10-3-2-4-14(13(10)9-16)17-15(19)11-5-7-12(18)8-6-11/h2-8,18H,1H3,(H,17,19). The third-order valence-corrected chi connectivity index (χ3v) is 2.76. The van der Waals surface area contributed by atoms with Gasteiger partial charge in [-0.3, -0.25) is 4.79 Å². The van der Waals surface area contributed by atoms with Gasteiger partial charge in [-0.1, -0.05) is 12.1 Å². The molecule has 94 valence electrons. The summed E-state index contributed by atoms with van der Waals surface area (Å²) < 4.78 is 0. The van der Waals surface area contributed by atoms with E-state index in [-0.39, 0.29) is 11.7 Å². The number of nitrogens with one attached hydrogen (secondary N) is 1. The van der Waals surface area contributed by atoms with Gasteiger partial charge in [0.25, 0.3) is 5.91 Å². The summed E-state index contributed by atoms with van der Waals surface area (Å²) in [6, 6.07) is 13.3. The maximum absolute atomic E-state index is 12.0. The summed E-state index contributed by atoms with van der Waals surface area (Å²) in [5.41, 5.74) is 2.17. The van der Waals surface area contributed by atoms with Gasteiger partial charge in [-0.2, -0.15) is 5.26 Å². The predicted octanol–water partition coefficient (Wildman–Crippen LogP) is 2.82. The van der Waals surface area contributed by atoms with Gasteiger partial charge in [0, 0.05) is 5.56 Å². The molecule has 2 rings (SSSR count). The highest BCUT2D eigenvalue weighted by atomic mass is 16.3. The van der Waals surface area contributed by atoms with Crippen LogP contribution in [0.25, 0.3) is 0 Å². The van der Waals surface area contributed by atoms with Crippen molar-refractivity contribution in [3.05, 3.63) is 59.2 Å². The lowest BCUT2D eigenvalue weighted by Gasteiger charge is -2.08. The lowest BCUT2D eigenvalue weighted by molar-refractivity contribution is 0.102. The Morgan fingerprint density at radius 2 is 1.89 bits per heavy atom. The van der Waals surface area contributed by atoms with Crippen LogP contribution in [-0.2, 0) is 0 Å². The zero-order valence-electron chi connectivity index (χ0n) is 10.3. The number of carbonyl (C=O) groups is 1. The van der Waals surface area contributed by atoms with Gasteiger partial charge >= 0.3 is 0 Å². The minimum absolute atomic E-state index is 0.102. The molecule has 0 radical (unpaired) electrons. The highest BCUT2D eigenvalue weighted by Crippen LogP contribution is 2.19. The molecule has 0 aliphatic rings. The Kier molecular flexibility index (Phi) is 3.48. The Morgan fingerprint density at radius 3 is 2.53 bits per heavy atom. The van der Waals surface area contributed by atoms with Crippen LogP contribution in [0.2, 0.25) is 0 Å². The number of amides is 1. The second-order valence-corrected chi connectivity index (χ2v) is 4.11. The highest BCUT2D eigenvalue weighted by molar-refractivity contribution is 6.05. The molecule has 0 unspecified atom stereocenters. The molecule has 0 saturated heterocycles. The zero-order valence-corrected chi connectivity index (χ0v) is 10.3. The van der Waals surface area contributed by atoms with E-state index in [0.29, 0.717) is 16.8 Å². The number of phenolic OH excluding ortho intramolecular Hbond substituents is 1. The van der Waals surface area contributed by atoms with E-state index in [0.717, 1.165) is 5.56 Å². The molecule has 2 N–H and O–H groups in total. The van der Waals surface area contributed by atoms with Gasteiger partial charge in [0.1, 0.15) is 11.8 Å². The number of hydrogen-bond acceptors (Lipinski definition) is 3. The summed E-state index contributed by atoms with van der Waals surface area (Å²) in [6.07, 6.45) is 0. The first-order valence-corrected chi connectivity index (χ1v) is 5.72. The fourth-order valence-corrected chi connectivity index (χ4v) is 1.73. The van der Waals surface area contributed by atoms with Crippen LogP contribution in [-0.4, -0.2) is 11.0 Å². The van der Waals surface area contributed by atoms with Crippen molar-refractivity contribution >= 4 is 11.6 Å². The maximum Gasteiger partial charge on any atom is 0.255 e. The molecule has 1 amide bonds. The van der Waals surface area contributed by atoms with E-state index < -0.39 is 0 Å². The third kappa shape index (κ3) is 2.72. The molecule has 0 saturated carbocycles. The van der Waals surface area contributed by atoms with Crippen LogP contribution in [0.4, 0.5) is 5.69 Å². The smallest absolute Gasteiger partial charge is 0.255 e. The van der Waals surface area contributed by atoms with Crippen molar-refractivity contribution < 1.29 is 9.90 Å². The molecule has 2 aromatic rings. The lowest BCUT2D eigenvalue weighted by atomic mass is 10.1. The van der Waals surface area contributed by atoms with Gasteiger partial charge < -0.3 is 10.4 Å². The highest BCUT2D eigenvalue weighted by Gasteiger charge is 2.10. The van der Waals surface area contributed by atoms with E-state index >= 15 is 0 Å². The van der Waals surface area contributed by atoms with E-state index in [1.807, 2.05) is 13.0 Å². The number of carbonyl (C=O) groups excluding carboxylic acids is 1. The van der Waals surface area contributed by atoms with E-state index in [1.54, 1.807) is 12.1 Å². The molecule has 19 heavy (non-hydrogen) atoms. The average Bonchev–Trinajstić information content (AvgIpc) is 2.39. The summed E-state index contributed by atoms with van der Waals surface area (Å²) >= 11 is 0. The van der Waals surface area contributed by atoms with Gasteiger partial charge in [0.2, 0.25) is 0 Å². The maximum atomic E-state index is 12.0. The molecule has 0 heterocycles. The number of phenols is 1. The SMILES string of the molecule is Cc1cccc(NC(=O)c2ccc(O)cc2)c1C#N. The van der Waals surface area contributed by atoms with Crippen molar-refractivity contribution in [1.29, 1.82) is 5.26 Å². The Morgan fingerprint density at radius 1 is 1.21 bits per heavy atom. The summed E-state index contributed by atoms with van der Waals surface area (Å²) in [7, 11) is 0. The molecule has 0 atom stereocenters. The van der Waals surface area contributed by atoms with Crippen molar-refractivity contribution in [3.63, 3.8) is 0 Å². The predicted molar refractivity (Wildman–Crippen MR) is 72.0 cm³/mol. The van der Waals surface area contributed by atoms with Crippen LogP contribution in [0.1, 0.15) is 21.5 Å². The van der Waals surface area contributed by atoms with Crippen LogP contribution < -0.4 is 5.32 Å². The third-order valence-electron chi connectivity index (χ3n) is 2.76. The van der Waals surface area contributed by atoms with Crippen LogP contribution >= 0.6 is 0 Å². The zero-order chi connectivity index (χ0) is 13.8. The molecule has 0 aliphatic heterocycles. The minimum atomic E-state index is -0.317. The summed E-state index contributed by atoms with van der Waals surface area (Å²) in [6.45, 7) is 1.81. The van der Waals surface area contributed by atoms with E-state index in [1.165, 1.54) is 24.3 Å². The molecule has 0 aromatic heterocycles. The van der Waals surface area contributed by atoms with Crippen molar-refractivity contribution in [1.82, 2.24) is 0 Å². The lowest BCUT2D eigenvalue weighted by Crippen LogP contribution is -2.13. The van der Waals surface area contributed by atoms with Gasteiger partial charge in [-0.15, -0.1) is 0 Å². The summed E-state index contributed by atoms with van der Waals surface area (Å²) in [4.78, 5) is 12.0. The van der Waals surface area contributed by atoms with Gasteiger partial charge in [0.15, 0.2) is 0 Å². The number of aromatic hydroxyl groups is 1. The first kappa shape index (κ1) is 12.7. The topological polar surface area (TPSA) is 73.1 Å². The van der Waals surface area contributed by atoms with Gasteiger partial charge in [-0.05, 0) is 42.8 Å². The largest absolute Gasteiger partial charge is 0.508 e. The molecule has 4 nitrogen and oxygen atoms in total. The number of benzene rings is 2. The fraction of sp³-hybridized carbons (Fsp3) is 0.0667. The minimum Gasteiger partial charge on any atom is -0.508 e. The number of nitrogens with zero attached hydrogens (tertiary/aromatic N) is 1. The van der Waals surface area contributed by atoms with Gasteiger partial charge in [-0.25, -0.2) is 0 Å². The fourth-order valence-electron chi connectivity index (χ4n) is 1.73. The molecule has 4 heteroatoms. The number of anilines is 1. The van der Waals surface area contributed by atoms with Crippen LogP contribution in [0.5, 0.6) is 5.75 Å². The van der Waals surface area contributed by atoms with E-state index in [9.17, 15) is 9.90 Å². The number of aryl methyl sites for hydroxylation is 1. The van der Waals surface area contributed by atoms with Crippen molar-refractivity contribution in [3.8, 4) is 11.8 Å².